The van der Waals surface area contributed by atoms with Gasteiger partial charge in [0.05, 0.1) is 6.54 Å². The van der Waals surface area contributed by atoms with E-state index >= 15 is 0 Å². The number of furan rings is 1. The zero-order valence-corrected chi connectivity index (χ0v) is 14.8. The number of carbonyl (C=O) groups is 1. The molecule has 1 unspecified atom stereocenters. The van der Waals surface area contributed by atoms with Crippen LogP contribution in [-0.2, 0) is 16.8 Å². The summed E-state index contributed by atoms with van der Waals surface area (Å²) in [4.78, 5) is 12.0. The highest BCUT2D eigenvalue weighted by Gasteiger charge is 2.28. The van der Waals surface area contributed by atoms with Crippen molar-refractivity contribution in [1.29, 1.82) is 0 Å². The minimum absolute atomic E-state index is 0.104. The quantitative estimate of drug-likeness (QED) is 0.805. The van der Waals surface area contributed by atoms with E-state index in [0.29, 0.717) is 29.5 Å². The predicted molar refractivity (Wildman–Crippen MR) is 87.5 cm³/mol. The molecule has 7 nitrogen and oxygen atoms in total. The van der Waals surface area contributed by atoms with Crippen LogP contribution < -0.4 is 5.32 Å². The summed E-state index contributed by atoms with van der Waals surface area (Å²) in [6, 6.07) is 1.79. The number of amides is 1. The molecule has 0 bridgehead atoms. The highest BCUT2D eigenvalue weighted by Crippen LogP contribution is 2.26. The van der Waals surface area contributed by atoms with Gasteiger partial charge in [-0.05, 0) is 26.8 Å². The van der Waals surface area contributed by atoms with Crippen LogP contribution in [0.1, 0.15) is 62.0 Å². The molecule has 1 amide bonds. The van der Waals surface area contributed by atoms with Crippen molar-refractivity contribution >= 4 is 5.91 Å². The van der Waals surface area contributed by atoms with Crippen molar-refractivity contribution in [3.8, 4) is 0 Å². The Morgan fingerprint density at radius 3 is 2.58 bits per heavy atom. The smallest absolute Gasteiger partial charge is 0.220 e. The van der Waals surface area contributed by atoms with Crippen molar-refractivity contribution in [3.05, 3.63) is 34.9 Å². The summed E-state index contributed by atoms with van der Waals surface area (Å²) >= 11 is 0. The molecule has 0 aromatic carbocycles. The van der Waals surface area contributed by atoms with Crippen LogP contribution in [0.4, 0.5) is 0 Å². The van der Waals surface area contributed by atoms with Crippen LogP contribution in [0.3, 0.4) is 0 Å². The number of hydrogen-bond donors (Lipinski definition) is 2. The number of aromatic nitrogens is 2. The van der Waals surface area contributed by atoms with Gasteiger partial charge in [0.2, 0.25) is 17.7 Å². The maximum Gasteiger partial charge on any atom is 0.220 e. The van der Waals surface area contributed by atoms with Gasteiger partial charge in [-0.1, -0.05) is 13.8 Å². The lowest BCUT2D eigenvalue weighted by Crippen LogP contribution is -2.38. The predicted octanol–water partition coefficient (Wildman–Crippen LogP) is 2.36. The molecule has 0 aliphatic heterocycles. The Balaban J connectivity index is 1.85. The average Bonchev–Trinajstić information content (AvgIpc) is 3.10. The molecule has 2 heterocycles. The van der Waals surface area contributed by atoms with Crippen molar-refractivity contribution in [2.45, 2.75) is 59.0 Å². The Hall–Kier alpha value is -2.15. The van der Waals surface area contributed by atoms with Crippen molar-refractivity contribution in [2.75, 3.05) is 6.54 Å². The Bertz CT molecular complexity index is 701. The molecule has 24 heavy (non-hydrogen) atoms. The lowest BCUT2D eigenvalue weighted by atomic mass is 9.96. The summed E-state index contributed by atoms with van der Waals surface area (Å²) in [6.45, 7) is 9.29. The van der Waals surface area contributed by atoms with Crippen molar-refractivity contribution in [2.24, 2.45) is 0 Å². The molecule has 2 aromatic heterocycles. The first-order valence-corrected chi connectivity index (χ1v) is 8.08. The third-order valence-electron chi connectivity index (χ3n) is 3.79. The SMILES string of the molecule is Cc1cc(C(C)(O)CNC(=O)CCc2nnc(C(C)C)o2)c(C)o1. The first kappa shape index (κ1) is 18.2. The summed E-state index contributed by atoms with van der Waals surface area (Å²) in [6.07, 6.45) is 0.594. The molecule has 0 saturated carbocycles. The van der Waals surface area contributed by atoms with Crippen molar-refractivity contribution < 1.29 is 18.7 Å². The molecule has 2 rings (SSSR count). The number of nitrogens with one attached hydrogen (secondary N) is 1. The molecular formula is C17H25N3O4. The van der Waals surface area contributed by atoms with E-state index in [1.54, 1.807) is 19.9 Å². The van der Waals surface area contributed by atoms with Gasteiger partial charge in [-0.2, -0.15) is 0 Å². The summed E-state index contributed by atoms with van der Waals surface area (Å²) in [5.74, 6) is 2.38. The van der Waals surface area contributed by atoms with Crippen LogP contribution in [0.5, 0.6) is 0 Å². The Morgan fingerprint density at radius 2 is 2.04 bits per heavy atom. The van der Waals surface area contributed by atoms with E-state index in [4.69, 9.17) is 8.83 Å². The van der Waals surface area contributed by atoms with Crippen molar-refractivity contribution in [1.82, 2.24) is 15.5 Å². The zero-order valence-electron chi connectivity index (χ0n) is 14.8. The number of aryl methyl sites for hydroxylation is 3. The maximum atomic E-state index is 12.0. The molecule has 7 heteroatoms. The van der Waals surface area contributed by atoms with Gasteiger partial charge < -0.3 is 19.3 Å². The molecule has 0 aliphatic carbocycles. The summed E-state index contributed by atoms with van der Waals surface area (Å²) in [7, 11) is 0. The minimum atomic E-state index is -1.19. The lowest BCUT2D eigenvalue weighted by Gasteiger charge is -2.23. The highest BCUT2D eigenvalue weighted by atomic mass is 16.4. The second-order valence-electron chi connectivity index (χ2n) is 6.57. The molecule has 1 atom stereocenters. The third-order valence-corrected chi connectivity index (χ3v) is 3.79. The first-order chi connectivity index (χ1) is 11.2. The minimum Gasteiger partial charge on any atom is -0.466 e. The number of rotatable bonds is 7. The number of carbonyl (C=O) groups excluding carboxylic acids is 1. The highest BCUT2D eigenvalue weighted by molar-refractivity contribution is 5.76. The standard InChI is InChI=1S/C17H25N3O4/c1-10(2)16-20-19-15(24-16)7-6-14(21)18-9-17(5,22)13-8-11(3)23-12(13)4/h8,10,22H,6-7,9H2,1-5H3,(H,18,21). The van der Waals surface area contributed by atoms with Gasteiger partial charge in [0.1, 0.15) is 17.1 Å². The van der Waals surface area contributed by atoms with Gasteiger partial charge >= 0.3 is 0 Å². The van der Waals surface area contributed by atoms with Gasteiger partial charge in [-0.25, -0.2) is 0 Å². The van der Waals surface area contributed by atoms with E-state index in [0.717, 1.165) is 5.76 Å². The van der Waals surface area contributed by atoms with Gasteiger partial charge in [-0.3, -0.25) is 4.79 Å². The monoisotopic (exact) mass is 335 g/mol. The summed E-state index contributed by atoms with van der Waals surface area (Å²) in [5.41, 5.74) is -0.508. The molecular weight excluding hydrogens is 310 g/mol. The van der Waals surface area contributed by atoms with Crippen LogP contribution in [-0.4, -0.2) is 27.8 Å². The fraction of sp³-hybridized carbons (Fsp3) is 0.588. The Labute approximate surface area is 141 Å². The van der Waals surface area contributed by atoms with E-state index in [-0.39, 0.29) is 24.8 Å². The molecule has 0 spiro atoms. The van der Waals surface area contributed by atoms with Crippen LogP contribution >= 0.6 is 0 Å². The average molecular weight is 335 g/mol. The zero-order chi connectivity index (χ0) is 17.9. The maximum absolute atomic E-state index is 12.0. The molecule has 2 aromatic rings. The fourth-order valence-electron chi connectivity index (χ4n) is 2.44. The van der Waals surface area contributed by atoms with Crippen molar-refractivity contribution in [3.63, 3.8) is 0 Å². The van der Waals surface area contributed by atoms with E-state index < -0.39 is 5.60 Å². The van der Waals surface area contributed by atoms with Gasteiger partial charge in [0, 0.05) is 24.3 Å². The molecule has 0 saturated heterocycles. The summed E-state index contributed by atoms with van der Waals surface area (Å²) in [5, 5.41) is 21.2. The fourth-order valence-corrected chi connectivity index (χ4v) is 2.44. The lowest BCUT2D eigenvalue weighted by molar-refractivity contribution is -0.122. The molecule has 2 N–H and O–H groups in total. The normalized spacial score (nSPS) is 14.0. The molecule has 0 aliphatic rings. The second kappa shape index (κ2) is 7.17. The van der Waals surface area contributed by atoms with Gasteiger partial charge in [0.25, 0.3) is 0 Å². The molecule has 0 radical (unpaired) electrons. The van der Waals surface area contributed by atoms with Crippen LogP contribution in [0.25, 0.3) is 0 Å². The van der Waals surface area contributed by atoms with E-state index in [9.17, 15) is 9.90 Å². The van der Waals surface area contributed by atoms with Crippen LogP contribution in [0, 0.1) is 13.8 Å². The number of hydrogen-bond acceptors (Lipinski definition) is 6. The van der Waals surface area contributed by atoms with E-state index in [1.165, 1.54) is 0 Å². The number of aliphatic hydroxyl groups is 1. The topological polar surface area (TPSA) is 101 Å². The molecule has 0 fully saturated rings. The first-order valence-electron chi connectivity index (χ1n) is 8.08. The summed E-state index contributed by atoms with van der Waals surface area (Å²) < 4.78 is 10.9. The van der Waals surface area contributed by atoms with Crippen LogP contribution in [0.15, 0.2) is 14.9 Å². The van der Waals surface area contributed by atoms with E-state index in [1.807, 2.05) is 20.8 Å². The van der Waals surface area contributed by atoms with Gasteiger partial charge in [0.15, 0.2) is 0 Å². The van der Waals surface area contributed by atoms with Gasteiger partial charge in [-0.15, -0.1) is 10.2 Å². The second-order valence-corrected chi connectivity index (χ2v) is 6.57. The van der Waals surface area contributed by atoms with E-state index in [2.05, 4.69) is 15.5 Å². The molecule has 132 valence electrons. The largest absolute Gasteiger partial charge is 0.466 e. The van der Waals surface area contributed by atoms with Crippen LogP contribution in [0.2, 0.25) is 0 Å². The third kappa shape index (κ3) is 4.44. The Kier molecular flexibility index (Phi) is 5.43. The Morgan fingerprint density at radius 1 is 1.33 bits per heavy atom. The number of nitrogens with zero attached hydrogens (tertiary/aromatic N) is 2.